The Balaban J connectivity index is 2.05. The molecule has 6 heteroatoms. The third kappa shape index (κ3) is 3.68. The summed E-state index contributed by atoms with van der Waals surface area (Å²) >= 11 is 0. The summed E-state index contributed by atoms with van der Waals surface area (Å²) in [5.41, 5.74) is 0. The predicted molar refractivity (Wildman–Crippen MR) is 73.8 cm³/mol. The first-order valence-corrected chi connectivity index (χ1v) is 7.98. The Morgan fingerprint density at radius 3 is 2.84 bits per heavy atom. The van der Waals surface area contributed by atoms with Crippen molar-refractivity contribution in [3.8, 4) is 5.75 Å². The number of benzene rings is 1. The molecule has 19 heavy (non-hydrogen) atoms. The first-order chi connectivity index (χ1) is 9.13. The van der Waals surface area contributed by atoms with Gasteiger partial charge in [-0.3, -0.25) is 0 Å². The molecule has 0 unspecified atom stereocenters. The number of hydrogen-bond donors (Lipinski definition) is 2. The van der Waals surface area contributed by atoms with E-state index in [0.29, 0.717) is 12.3 Å². The topological polar surface area (TPSA) is 67.4 Å². The van der Waals surface area contributed by atoms with Crippen LogP contribution in [0.2, 0.25) is 0 Å². The van der Waals surface area contributed by atoms with E-state index >= 15 is 0 Å². The third-order valence-electron chi connectivity index (χ3n) is 3.29. The summed E-state index contributed by atoms with van der Waals surface area (Å²) in [4.78, 5) is 0.188. The number of hydrogen-bond acceptors (Lipinski definition) is 4. The van der Waals surface area contributed by atoms with Crippen molar-refractivity contribution >= 4 is 10.0 Å². The van der Waals surface area contributed by atoms with Gasteiger partial charge in [-0.05, 0) is 31.5 Å². The molecule has 0 spiro atoms. The number of ether oxygens (including phenoxy) is 1. The standard InChI is InChI=1S/C13H20N2O3S/c1-18-12-7-2-3-8-13(12)19(16,17)15-10-11-6-4-5-9-14-11/h2-3,7-8,11,14-15H,4-6,9-10H2,1H3/t11-/m1/s1. The second-order valence-corrected chi connectivity index (χ2v) is 6.38. The molecule has 1 atom stereocenters. The van der Waals surface area contributed by atoms with E-state index in [1.165, 1.54) is 7.11 Å². The Kier molecular flexibility index (Phi) is 4.79. The zero-order valence-corrected chi connectivity index (χ0v) is 11.9. The van der Waals surface area contributed by atoms with E-state index in [4.69, 9.17) is 4.74 Å². The maximum atomic E-state index is 12.2. The van der Waals surface area contributed by atoms with Crippen LogP contribution < -0.4 is 14.8 Å². The molecule has 0 radical (unpaired) electrons. The van der Waals surface area contributed by atoms with Gasteiger partial charge in [-0.1, -0.05) is 18.6 Å². The lowest BCUT2D eigenvalue weighted by Crippen LogP contribution is -2.43. The molecule has 1 aliphatic heterocycles. The predicted octanol–water partition coefficient (Wildman–Crippen LogP) is 1.12. The zero-order chi connectivity index (χ0) is 13.7. The van der Waals surface area contributed by atoms with Crippen LogP contribution in [0, 0.1) is 0 Å². The highest BCUT2D eigenvalue weighted by atomic mass is 32.2. The molecule has 5 nitrogen and oxygen atoms in total. The van der Waals surface area contributed by atoms with Crippen LogP contribution in [-0.2, 0) is 10.0 Å². The summed E-state index contributed by atoms with van der Waals surface area (Å²) in [7, 11) is -2.05. The van der Waals surface area contributed by atoms with Crippen molar-refractivity contribution in [3.05, 3.63) is 24.3 Å². The van der Waals surface area contributed by atoms with Crippen LogP contribution in [0.25, 0.3) is 0 Å². The fraction of sp³-hybridized carbons (Fsp3) is 0.538. The van der Waals surface area contributed by atoms with Crippen molar-refractivity contribution in [2.24, 2.45) is 0 Å². The average Bonchev–Trinajstić information content (AvgIpc) is 2.46. The van der Waals surface area contributed by atoms with E-state index in [9.17, 15) is 8.42 Å². The van der Waals surface area contributed by atoms with Gasteiger partial charge in [-0.25, -0.2) is 13.1 Å². The highest BCUT2D eigenvalue weighted by Gasteiger charge is 2.21. The maximum Gasteiger partial charge on any atom is 0.244 e. The van der Waals surface area contributed by atoms with Crippen LogP contribution in [0.4, 0.5) is 0 Å². The van der Waals surface area contributed by atoms with Crippen molar-refractivity contribution < 1.29 is 13.2 Å². The Bertz CT molecular complexity index is 510. The molecule has 2 rings (SSSR count). The van der Waals surface area contributed by atoms with Crippen LogP contribution in [-0.4, -0.2) is 34.7 Å². The average molecular weight is 284 g/mol. The third-order valence-corrected chi connectivity index (χ3v) is 4.75. The lowest BCUT2D eigenvalue weighted by atomic mass is 10.1. The molecular weight excluding hydrogens is 264 g/mol. The molecule has 0 saturated carbocycles. The maximum absolute atomic E-state index is 12.2. The fourth-order valence-corrected chi connectivity index (χ4v) is 3.48. The van der Waals surface area contributed by atoms with E-state index in [-0.39, 0.29) is 10.9 Å². The van der Waals surface area contributed by atoms with Gasteiger partial charge in [-0.15, -0.1) is 0 Å². The number of methoxy groups -OCH3 is 1. The molecule has 0 amide bonds. The smallest absolute Gasteiger partial charge is 0.244 e. The van der Waals surface area contributed by atoms with E-state index in [2.05, 4.69) is 10.0 Å². The second kappa shape index (κ2) is 6.36. The van der Waals surface area contributed by atoms with Crippen LogP contribution in [0.1, 0.15) is 19.3 Å². The molecule has 1 aromatic carbocycles. The molecule has 0 bridgehead atoms. The normalized spacial score (nSPS) is 20.2. The Labute approximate surface area is 114 Å². The number of piperidine rings is 1. The summed E-state index contributed by atoms with van der Waals surface area (Å²) in [6.07, 6.45) is 3.32. The number of para-hydroxylation sites is 1. The first-order valence-electron chi connectivity index (χ1n) is 6.49. The molecule has 106 valence electrons. The highest BCUT2D eigenvalue weighted by Crippen LogP contribution is 2.22. The lowest BCUT2D eigenvalue weighted by Gasteiger charge is -2.23. The van der Waals surface area contributed by atoms with Crippen LogP contribution in [0.3, 0.4) is 0 Å². The largest absolute Gasteiger partial charge is 0.495 e. The van der Waals surface area contributed by atoms with Crippen LogP contribution in [0.5, 0.6) is 5.75 Å². The first kappa shape index (κ1) is 14.3. The Morgan fingerprint density at radius 1 is 1.37 bits per heavy atom. The minimum atomic E-state index is -3.52. The number of rotatable bonds is 5. The van der Waals surface area contributed by atoms with Gasteiger partial charge in [0.15, 0.2) is 0 Å². The van der Waals surface area contributed by atoms with E-state index in [1.54, 1.807) is 24.3 Å². The molecule has 1 heterocycles. The number of nitrogens with one attached hydrogen (secondary N) is 2. The molecule has 1 saturated heterocycles. The lowest BCUT2D eigenvalue weighted by molar-refractivity contribution is 0.394. The van der Waals surface area contributed by atoms with E-state index in [0.717, 1.165) is 25.8 Å². The summed E-state index contributed by atoms with van der Waals surface area (Å²) < 4.78 is 32.2. The summed E-state index contributed by atoms with van der Waals surface area (Å²) in [6, 6.07) is 6.86. The molecule has 1 fully saturated rings. The molecule has 0 aromatic heterocycles. The van der Waals surface area contributed by atoms with Gasteiger partial charge in [0.1, 0.15) is 10.6 Å². The molecule has 1 aromatic rings. The van der Waals surface area contributed by atoms with Crippen LogP contribution in [0.15, 0.2) is 29.2 Å². The highest BCUT2D eigenvalue weighted by molar-refractivity contribution is 7.89. The minimum absolute atomic E-state index is 0.188. The summed E-state index contributed by atoms with van der Waals surface area (Å²) in [5, 5.41) is 3.31. The van der Waals surface area contributed by atoms with Gasteiger partial charge >= 0.3 is 0 Å². The van der Waals surface area contributed by atoms with Crippen molar-refractivity contribution in [1.82, 2.24) is 10.0 Å². The molecular formula is C13H20N2O3S. The van der Waals surface area contributed by atoms with E-state index < -0.39 is 10.0 Å². The van der Waals surface area contributed by atoms with Gasteiger partial charge in [0.25, 0.3) is 0 Å². The van der Waals surface area contributed by atoms with Crippen molar-refractivity contribution in [2.75, 3.05) is 20.2 Å². The van der Waals surface area contributed by atoms with Gasteiger partial charge in [-0.2, -0.15) is 0 Å². The zero-order valence-electron chi connectivity index (χ0n) is 11.1. The molecule has 0 aliphatic carbocycles. The van der Waals surface area contributed by atoms with Gasteiger partial charge in [0.2, 0.25) is 10.0 Å². The summed E-state index contributed by atoms with van der Waals surface area (Å²) in [5.74, 6) is 0.367. The Hall–Kier alpha value is -1.11. The van der Waals surface area contributed by atoms with Crippen molar-refractivity contribution in [1.29, 1.82) is 0 Å². The second-order valence-electron chi connectivity index (χ2n) is 4.65. The van der Waals surface area contributed by atoms with Crippen molar-refractivity contribution in [3.63, 3.8) is 0 Å². The quantitative estimate of drug-likeness (QED) is 0.850. The molecule has 1 aliphatic rings. The summed E-state index contributed by atoms with van der Waals surface area (Å²) in [6.45, 7) is 1.38. The van der Waals surface area contributed by atoms with Gasteiger partial charge in [0.05, 0.1) is 7.11 Å². The van der Waals surface area contributed by atoms with Crippen molar-refractivity contribution in [2.45, 2.75) is 30.2 Å². The molecule has 2 N–H and O–H groups in total. The number of sulfonamides is 1. The van der Waals surface area contributed by atoms with E-state index in [1.807, 2.05) is 0 Å². The fourth-order valence-electron chi connectivity index (χ4n) is 2.23. The Morgan fingerprint density at radius 2 is 2.16 bits per heavy atom. The van der Waals surface area contributed by atoms with Gasteiger partial charge < -0.3 is 10.1 Å². The van der Waals surface area contributed by atoms with Gasteiger partial charge in [0, 0.05) is 12.6 Å². The SMILES string of the molecule is COc1ccccc1S(=O)(=O)NC[C@H]1CCCCN1. The monoisotopic (exact) mass is 284 g/mol. The van der Waals surface area contributed by atoms with Crippen LogP contribution >= 0.6 is 0 Å². The minimum Gasteiger partial charge on any atom is -0.495 e.